The van der Waals surface area contributed by atoms with Gasteiger partial charge in [-0.25, -0.2) is 18.1 Å². The van der Waals surface area contributed by atoms with Crippen molar-refractivity contribution in [1.82, 2.24) is 0 Å². The third-order valence-electron chi connectivity index (χ3n) is 4.83. The maximum Gasteiger partial charge on any atom is 0.282 e. The molecule has 0 spiro atoms. The molecule has 1 heterocycles. The SMILES string of the molecule is Cc1cc(Cl)ccc1NC1=C(c2ccc(F)cc2)C(=O)N(c2ccc(F)c(F)c2)C1=O. The number of hydrogen-bond acceptors (Lipinski definition) is 3. The quantitative estimate of drug-likeness (QED) is 0.546. The first kappa shape index (κ1) is 20.7. The molecule has 1 aliphatic heterocycles. The van der Waals surface area contributed by atoms with Crippen molar-refractivity contribution in [3.05, 3.63) is 100.0 Å². The third-order valence-corrected chi connectivity index (χ3v) is 5.06. The Morgan fingerprint density at radius 3 is 2.19 bits per heavy atom. The lowest BCUT2D eigenvalue weighted by atomic mass is 10.0. The molecule has 3 aromatic carbocycles. The van der Waals surface area contributed by atoms with E-state index in [0.29, 0.717) is 21.8 Å². The zero-order valence-corrected chi connectivity index (χ0v) is 16.8. The topological polar surface area (TPSA) is 49.4 Å². The number of amides is 2. The van der Waals surface area contributed by atoms with Crippen molar-refractivity contribution in [1.29, 1.82) is 0 Å². The fraction of sp³-hybridized carbons (Fsp3) is 0.0435. The maximum absolute atomic E-state index is 13.8. The van der Waals surface area contributed by atoms with Crippen LogP contribution in [0, 0.1) is 24.4 Å². The molecular weight excluding hydrogens is 429 g/mol. The largest absolute Gasteiger partial charge is 0.350 e. The van der Waals surface area contributed by atoms with Crippen molar-refractivity contribution in [2.24, 2.45) is 0 Å². The monoisotopic (exact) mass is 442 g/mol. The van der Waals surface area contributed by atoms with Crippen LogP contribution in [0.15, 0.2) is 66.4 Å². The molecule has 1 N–H and O–H groups in total. The molecule has 8 heteroatoms. The number of nitrogens with one attached hydrogen (secondary N) is 1. The van der Waals surface area contributed by atoms with Crippen LogP contribution >= 0.6 is 11.6 Å². The van der Waals surface area contributed by atoms with Gasteiger partial charge in [0, 0.05) is 16.8 Å². The molecule has 1 aliphatic rings. The van der Waals surface area contributed by atoms with E-state index in [0.717, 1.165) is 35.2 Å². The van der Waals surface area contributed by atoms with Crippen LogP contribution in [0.1, 0.15) is 11.1 Å². The van der Waals surface area contributed by atoms with Gasteiger partial charge in [0.15, 0.2) is 11.6 Å². The number of anilines is 2. The number of carbonyl (C=O) groups is 2. The number of halogens is 4. The number of aryl methyl sites for hydroxylation is 1. The van der Waals surface area contributed by atoms with Crippen molar-refractivity contribution in [2.75, 3.05) is 10.2 Å². The minimum Gasteiger partial charge on any atom is -0.350 e. The summed E-state index contributed by atoms with van der Waals surface area (Å²) in [6.45, 7) is 1.76. The normalized spacial score (nSPS) is 13.9. The number of hydrogen-bond donors (Lipinski definition) is 1. The zero-order valence-electron chi connectivity index (χ0n) is 16.0. The number of carbonyl (C=O) groups excluding carboxylic acids is 2. The molecule has 0 aliphatic carbocycles. The van der Waals surface area contributed by atoms with Crippen LogP contribution in [0.2, 0.25) is 5.02 Å². The summed E-state index contributed by atoms with van der Waals surface area (Å²) in [5.74, 6) is -4.33. The average molecular weight is 443 g/mol. The van der Waals surface area contributed by atoms with Crippen molar-refractivity contribution in [3.63, 3.8) is 0 Å². The standard InChI is InChI=1S/C23H14ClF3N2O2/c1-12-10-14(24)4-9-19(12)28-21-20(13-2-5-15(25)6-3-13)22(30)29(23(21)31)16-7-8-17(26)18(27)11-16/h2-11,28H,1H3. The molecule has 0 aromatic heterocycles. The number of benzene rings is 3. The summed E-state index contributed by atoms with van der Waals surface area (Å²) in [5, 5.41) is 3.45. The van der Waals surface area contributed by atoms with E-state index in [-0.39, 0.29) is 17.0 Å². The molecule has 0 saturated carbocycles. The third kappa shape index (κ3) is 3.80. The summed E-state index contributed by atoms with van der Waals surface area (Å²) in [7, 11) is 0. The average Bonchev–Trinajstić information content (AvgIpc) is 2.97. The van der Waals surface area contributed by atoms with Gasteiger partial charge in [0.2, 0.25) is 0 Å². The van der Waals surface area contributed by atoms with Gasteiger partial charge in [-0.2, -0.15) is 0 Å². The Kier molecular flexibility index (Phi) is 5.29. The first-order chi connectivity index (χ1) is 14.8. The molecule has 3 aromatic rings. The van der Waals surface area contributed by atoms with Gasteiger partial charge < -0.3 is 5.32 Å². The van der Waals surface area contributed by atoms with E-state index in [1.807, 2.05) is 0 Å². The zero-order chi connectivity index (χ0) is 22.3. The highest BCUT2D eigenvalue weighted by atomic mass is 35.5. The van der Waals surface area contributed by atoms with E-state index in [1.165, 1.54) is 12.1 Å². The van der Waals surface area contributed by atoms with Crippen LogP contribution in [0.3, 0.4) is 0 Å². The van der Waals surface area contributed by atoms with Crippen LogP contribution in [0.25, 0.3) is 5.57 Å². The Labute approximate surface area is 180 Å². The first-order valence-corrected chi connectivity index (χ1v) is 9.51. The lowest BCUT2D eigenvalue weighted by Crippen LogP contribution is -2.32. The summed E-state index contributed by atoms with van der Waals surface area (Å²) in [4.78, 5) is 27.2. The molecule has 156 valence electrons. The minimum atomic E-state index is -1.20. The molecule has 0 radical (unpaired) electrons. The number of rotatable bonds is 4. The van der Waals surface area contributed by atoms with Gasteiger partial charge in [-0.15, -0.1) is 0 Å². The van der Waals surface area contributed by atoms with Gasteiger partial charge >= 0.3 is 0 Å². The van der Waals surface area contributed by atoms with E-state index >= 15 is 0 Å². The van der Waals surface area contributed by atoms with Crippen LogP contribution in [0.5, 0.6) is 0 Å². The highest BCUT2D eigenvalue weighted by Crippen LogP contribution is 2.35. The van der Waals surface area contributed by atoms with Crippen LogP contribution < -0.4 is 10.2 Å². The second-order valence-corrected chi connectivity index (χ2v) is 7.32. The number of nitrogens with zero attached hydrogens (tertiary/aromatic N) is 1. The van der Waals surface area contributed by atoms with Crippen LogP contribution in [-0.2, 0) is 9.59 Å². The van der Waals surface area contributed by atoms with Gasteiger partial charge in [0.1, 0.15) is 11.5 Å². The molecule has 31 heavy (non-hydrogen) atoms. The maximum atomic E-state index is 13.8. The van der Waals surface area contributed by atoms with E-state index in [1.54, 1.807) is 25.1 Å². The van der Waals surface area contributed by atoms with Crippen molar-refractivity contribution in [2.45, 2.75) is 6.92 Å². The molecule has 0 atom stereocenters. The summed E-state index contributed by atoms with van der Waals surface area (Å²) < 4.78 is 40.6. The van der Waals surface area contributed by atoms with Crippen LogP contribution in [-0.4, -0.2) is 11.8 Å². The van der Waals surface area contributed by atoms with Gasteiger partial charge in [-0.05, 0) is 60.5 Å². The predicted octanol–water partition coefficient (Wildman–Crippen LogP) is 5.46. The molecule has 0 bridgehead atoms. The van der Waals surface area contributed by atoms with Crippen LogP contribution in [0.4, 0.5) is 24.5 Å². The summed E-state index contributed by atoms with van der Waals surface area (Å²) in [6.07, 6.45) is 0. The number of imide groups is 1. The summed E-state index contributed by atoms with van der Waals surface area (Å²) in [6, 6.07) is 12.7. The molecule has 2 amide bonds. The van der Waals surface area contributed by atoms with Gasteiger partial charge in [-0.3, -0.25) is 9.59 Å². The Morgan fingerprint density at radius 2 is 1.55 bits per heavy atom. The van der Waals surface area contributed by atoms with E-state index in [4.69, 9.17) is 11.6 Å². The molecule has 0 saturated heterocycles. The highest BCUT2D eigenvalue weighted by Gasteiger charge is 2.40. The molecule has 4 rings (SSSR count). The Hall–Kier alpha value is -3.58. The molecule has 4 nitrogen and oxygen atoms in total. The lowest BCUT2D eigenvalue weighted by molar-refractivity contribution is -0.120. The molecule has 0 fully saturated rings. The van der Waals surface area contributed by atoms with Crippen molar-refractivity contribution in [3.8, 4) is 0 Å². The summed E-state index contributed by atoms with van der Waals surface area (Å²) in [5.41, 5.74) is 1.30. The highest BCUT2D eigenvalue weighted by molar-refractivity contribution is 6.46. The second-order valence-electron chi connectivity index (χ2n) is 6.89. The molecule has 0 unspecified atom stereocenters. The predicted molar refractivity (Wildman–Crippen MR) is 112 cm³/mol. The van der Waals surface area contributed by atoms with E-state index in [9.17, 15) is 22.8 Å². The fourth-order valence-corrected chi connectivity index (χ4v) is 3.52. The second kappa shape index (κ2) is 7.92. The lowest BCUT2D eigenvalue weighted by Gasteiger charge is -2.16. The fourth-order valence-electron chi connectivity index (χ4n) is 3.29. The summed E-state index contributed by atoms with van der Waals surface area (Å²) >= 11 is 5.98. The van der Waals surface area contributed by atoms with E-state index < -0.39 is 29.3 Å². The van der Waals surface area contributed by atoms with Crippen molar-refractivity contribution >= 4 is 40.4 Å². The molecular formula is C23H14ClF3N2O2. The van der Waals surface area contributed by atoms with E-state index in [2.05, 4.69) is 5.32 Å². The minimum absolute atomic E-state index is 0.0240. The Balaban J connectivity index is 1.84. The van der Waals surface area contributed by atoms with Gasteiger partial charge in [-0.1, -0.05) is 23.7 Å². The van der Waals surface area contributed by atoms with Gasteiger partial charge in [0.05, 0.1) is 11.3 Å². The Bertz CT molecular complexity index is 1260. The smallest absolute Gasteiger partial charge is 0.282 e. The Morgan fingerprint density at radius 1 is 0.839 bits per heavy atom. The van der Waals surface area contributed by atoms with Gasteiger partial charge in [0.25, 0.3) is 11.8 Å². The first-order valence-electron chi connectivity index (χ1n) is 9.13. The van der Waals surface area contributed by atoms with Crippen molar-refractivity contribution < 1.29 is 22.8 Å².